The Morgan fingerprint density at radius 3 is 1.66 bits per heavy atom. The van der Waals surface area contributed by atoms with Crippen molar-refractivity contribution < 1.29 is 19.1 Å². The molecule has 6 aromatic rings. The van der Waals surface area contributed by atoms with Gasteiger partial charge in [-0.05, 0) is 100 Å². The average molecular weight is 773 g/mol. The van der Waals surface area contributed by atoms with E-state index in [2.05, 4.69) is 51.4 Å². The molecule has 292 valence electrons. The first-order valence-electron chi connectivity index (χ1n) is 18.5. The number of carbonyl (C=O) groups is 1. The lowest BCUT2D eigenvalue weighted by Crippen LogP contribution is -2.28. The fraction of sp³-hybridized carbons (Fsp3) is 0.217. The standard InChI is InChI=1S/C23H22N4O2.C20H17N3O.C3H5NO/c1-4-25-23(28)26-17-8-6-7-16(13-17)9-12-21-20(15-24)19-11-10-18(29-3)14-22(19)27(21)5-2;1-3-23-19(10-7-14-5-4-6-15(22)11-14)18(13-21)17-9-8-16(24-2)12-20(17)23;1-2-4-3-5/h6-8,10-11,13-14H,4-5H2,1-3H3,(H2,25,26,28);4-6,8-9,11-12H,3,22H2,1-2H3;2H2,1H3. The van der Waals surface area contributed by atoms with Crippen LogP contribution in [0.2, 0.25) is 0 Å². The van der Waals surface area contributed by atoms with Crippen molar-refractivity contribution in [2.45, 2.75) is 40.8 Å². The van der Waals surface area contributed by atoms with Gasteiger partial charge in [0.1, 0.15) is 35.0 Å². The van der Waals surface area contributed by atoms with E-state index in [9.17, 15) is 15.3 Å². The molecule has 0 atom stereocenters. The number of fused-ring (bicyclic) bond motifs is 2. The molecule has 0 aliphatic heterocycles. The van der Waals surface area contributed by atoms with Gasteiger partial charge in [-0.2, -0.15) is 10.5 Å². The zero-order valence-corrected chi connectivity index (χ0v) is 33.4. The predicted molar refractivity (Wildman–Crippen MR) is 228 cm³/mol. The van der Waals surface area contributed by atoms with Gasteiger partial charge >= 0.3 is 6.03 Å². The average Bonchev–Trinajstić information content (AvgIpc) is 3.72. The number of benzene rings is 4. The molecule has 58 heavy (non-hydrogen) atoms. The van der Waals surface area contributed by atoms with Gasteiger partial charge in [-0.1, -0.05) is 24.0 Å². The Labute approximate surface area is 338 Å². The number of methoxy groups -OCH3 is 2. The van der Waals surface area contributed by atoms with Gasteiger partial charge in [0.15, 0.2) is 0 Å². The zero-order valence-electron chi connectivity index (χ0n) is 33.4. The number of anilines is 2. The van der Waals surface area contributed by atoms with E-state index in [1.165, 1.54) is 6.08 Å². The van der Waals surface area contributed by atoms with Gasteiger partial charge in [0.05, 0.1) is 36.4 Å². The first kappa shape index (κ1) is 42.8. The Morgan fingerprint density at radius 1 is 0.724 bits per heavy atom. The molecule has 12 heteroatoms. The molecule has 6 rings (SSSR count). The van der Waals surface area contributed by atoms with Gasteiger partial charge in [-0.3, -0.25) is 0 Å². The van der Waals surface area contributed by atoms with Crippen LogP contribution in [-0.2, 0) is 17.9 Å². The van der Waals surface area contributed by atoms with E-state index < -0.39 is 0 Å². The second-order valence-corrected chi connectivity index (χ2v) is 12.2. The van der Waals surface area contributed by atoms with Gasteiger partial charge in [0.2, 0.25) is 6.08 Å². The number of nitriles is 2. The third kappa shape index (κ3) is 10.4. The molecule has 2 aromatic heterocycles. The molecule has 0 fully saturated rings. The van der Waals surface area contributed by atoms with Crippen LogP contribution in [0, 0.1) is 46.3 Å². The molecule has 0 bridgehead atoms. The second kappa shape index (κ2) is 21.3. The Kier molecular flexibility index (Phi) is 15.7. The number of urea groups is 1. The van der Waals surface area contributed by atoms with Crippen molar-refractivity contribution in [3.63, 3.8) is 0 Å². The topological polar surface area (TPSA) is 172 Å². The van der Waals surface area contributed by atoms with Gasteiger partial charge in [-0.15, -0.1) is 0 Å². The fourth-order valence-corrected chi connectivity index (χ4v) is 6.01. The van der Waals surface area contributed by atoms with Crippen molar-refractivity contribution in [2.75, 3.05) is 38.4 Å². The first-order chi connectivity index (χ1) is 28.2. The fourth-order valence-electron chi connectivity index (χ4n) is 6.01. The number of aromatic nitrogens is 2. The zero-order chi connectivity index (χ0) is 42.0. The summed E-state index contributed by atoms with van der Waals surface area (Å²) >= 11 is 0. The number of hydrogen-bond donors (Lipinski definition) is 3. The molecule has 2 heterocycles. The van der Waals surface area contributed by atoms with E-state index in [1.54, 1.807) is 33.3 Å². The summed E-state index contributed by atoms with van der Waals surface area (Å²) in [5.41, 5.74) is 13.1. The van der Waals surface area contributed by atoms with Crippen molar-refractivity contribution in [3.8, 4) is 47.3 Å². The van der Waals surface area contributed by atoms with Crippen LogP contribution in [0.4, 0.5) is 16.2 Å². The molecule has 4 N–H and O–H groups in total. The van der Waals surface area contributed by atoms with Crippen LogP contribution in [0.3, 0.4) is 0 Å². The third-order valence-electron chi connectivity index (χ3n) is 8.62. The number of carbonyl (C=O) groups excluding carboxylic acids is 2. The highest BCUT2D eigenvalue weighted by atomic mass is 16.5. The molecule has 0 saturated heterocycles. The van der Waals surface area contributed by atoms with E-state index in [0.717, 1.165) is 44.4 Å². The maximum atomic E-state index is 11.7. The molecule has 0 aliphatic rings. The first-order valence-corrected chi connectivity index (χ1v) is 18.5. The number of nitrogens with two attached hydrogens (primary N) is 1. The summed E-state index contributed by atoms with van der Waals surface area (Å²) in [5, 5.41) is 26.5. The van der Waals surface area contributed by atoms with E-state index in [4.69, 9.17) is 20.0 Å². The number of nitrogens with zero attached hydrogens (tertiary/aromatic N) is 5. The largest absolute Gasteiger partial charge is 0.497 e. The highest BCUT2D eigenvalue weighted by molar-refractivity contribution is 5.92. The van der Waals surface area contributed by atoms with Gasteiger partial charge < -0.3 is 35.0 Å². The molecule has 0 spiro atoms. The number of rotatable bonds is 7. The highest BCUT2D eigenvalue weighted by Gasteiger charge is 2.17. The Balaban J connectivity index is 0.000000233. The molecule has 2 amide bonds. The van der Waals surface area contributed by atoms with Gasteiger partial charge in [-0.25, -0.2) is 14.6 Å². The molecule has 4 aromatic carbocycles. The number of nitrogens with one attached hydrogen (secondary N) is 2. The van der Waals surface area contributed by atoms with Crippen molar-refractivity contribution in [1.82, 2.24) is 14.5 Å². The molecule has 0 unspecified atom stereocenters. The smallest absolute Gasteiger partial charge is 0.319 e. The summed E-state index contributed by atoms with van der Waals surface area (Å²) in [6, 6.07) is 30.4. The van der Waals surface area contributed by atoms with Crippen LogP contribution in [-0.4, -0.2) is 48.6 Å². The SMILES string of the molecule is CCN=C=O.CCNC(=O)Nc1cccc(C#Cc2c(C#N)c3ccc(OC)cc3n2CC)c1.CCn1c(C#Cc2cccc(N)c2)c(C#N)c2ccc(OC)cc21. The van der Waals surface area contributed by atoms with E-state index in [0.29, 0.717) is 60.1 Å². The summed E-state index contributed by atoms with van der Waals surface area (Å²) in [5.74, 6) is 14.0. The number of amides is 2. The normalized spacial score (nSPS) is 9.66. The quantitative estimate of drug-likeness (QED) is 0.0639. The lowest BCUT2D eigenvalue weighted by Gasteiger charge is -2.06. The van der Waals surface area contributed by atoms with Crippen molar-refractivity contribution in [3.05, 3.63) is 119 Å². The van der Waals surface area contributed by atoms with Crippen LogP contribution < -0.4 is 25.8 Å². The molecule has 0 aliphatic carbocycles. The van der Waals surface area contributed by atoms with Crippen molar-refractivity contribution in [1.29, 1.82) is 10.5 Å². The van der Waals surface area contributed by atoms with E-state index >= 15 is 0 Å². The van der Waals surface area contributed by atoms with Gasteiger partial charge in [0.25, 0.3) is 0 Å². The predicted octanol–water partition coefficient (Wildman–Crippen LogP) is 7.95. The summed E-state index contributed by atoms with van der Waals surface area (Å²) in [6.45, 7) is 10.2. The Bertz CT molecular complexity index is 2680. The van der Waals surface area contributed by atoms with Crippen molar-refractivity contribution >= 4 is 45.3 Å². The van der Waals surface area contributed by atoms with Crippen LogP contribution in [0.25, 0.3) is 21.8 Å². The number of ether oxygens (including phenoxy) is 2. The van der Waals surface area contributed by atoms with Crippen LogP contribution in [0.1, 0.15) is 61.3 Å². The maximum Gasteiger partial charge on any atom is 0.319 e. The lowest BCUT2D eigenvalue weighted by molar-refractivity contribution is 0.252. The number of hydrogen-bond acceptors (Lipinski definition) is 8. The number of aryl methyl sites for hydroxylation is 2. The number of nitrogen functional groups attached to an aromatic ring is 1. The molecule has 12 nitrogen and oxygen atoms in total. The number of isocyanates is 1. The molecule has 0 radical (unpaired) electrons. The van der Waals surface area contributed by atoms with Crippen LogP contribution in [0.15, 0.2) is 89.9 Å². The molecular weight excluding hydrogens is 729 g/mol. The van der Waals surface area contributed by atoms with Crippen LogP contribution >= 0.6 is 0 Å². The summed E-state index contributed by atoms with van der Waals surface area (Å²) in [4.78, 5) is 24.0. The summed E-state index contributed by atoms with van der Waals surface area (Å²) < 4.78 is 14.7. The second-order valence-electron chi connectivity index (χ2n) is 12.2. The van der Waals surface area contributed by atoms with E-state index in [-0.39, 0.29) is 6.03 Å². The van der Waals surface area contributed by atoms with E-state index in [1.807, 2.05) is 103 Å². The van der Waals surface area contributed by atoms with Gasteiger partial charge in [0, 0.05) is 71.6 Å². The maximum absolute atomic E-state index is 11.7. The minimum atomic E-state index is -0.260. The summed E-state index contributed by atoms with van der Waals surface area (Å²) in [7, 11) is 3.25. The minimum Gasteiger partial charge on any atom is -0.497 e. The Hall–Kier alpha value is -7.89. The Morgan fingerprint density at radius 2 is 1.24 bits per heavy atom. The van der Waals surface area contributed by atoms with Crippen LogP contribution in [0.5, 0.6) is 11.5 Å². The van der Waals surface area contributed by atoms with Crippen molar-refractivity contribution in [2.24, 2.45) is 4.99 Å². The minimum absolute atomic E-state index is 0.260. The number of aliphatic imine (C=N–C) groups is 1. The summed E-state index contributed by atoms with van der Waals surface area (Å²) in [6.07, 6.45) is 1.39. The monoisotopic (exact) mass is 772 g/mol. The highest BCUT2D eigenvalue weighted by Crippen LogP contribution is 2.30. The lowest BCUT2D eigenvalue weighted by atomic mass is 10.1. The third-order valence-corrected chi connectivity index (χ3v) is 8.62. The molecular formula is C46H44N8O4. The molecule has 0 saturated carbocycles.